The molecule has 2 aromatic heterocycles. The Labute approximate surface area is 279 Å². The van der Waals surface area contributed by atoms with Crippen molar-refractivity contribution in [2.45, 2.75) is 38.9 Å². The predicted octanol–water partition coefficient (Wildman–Crippen LogP) is 7.94. The van der Waals surface area contributed by atoms with Crippen LogP contribution in [0.25, 0.3) is 32.8 Å². The lowest BCUT2D eigenvalue weighted by Gasteiger charge is -2.10. The van der Waals surface area contributed by atoms with Gasteiger partial charge < -0.3 is 24.9 Å². The molecule has 9 nitrogen and oxygen atoms in total. The summed E-state index contributed by atoms with van der Waals surface area (Å²) in [5.74, 6) is 0.139. The molecule has 0 spiro atoms. The Bertz CT molecular complexity index is 2120. The summed E-state index contributed by atoms with van der Waals surface area (Å²) in [4.78, 5) is 27.3. The van der Waals surface area contributed by atoms with Crippen LogP contribution in [0.15, 0.2) is 91.0 Å². The lowest BCUT2D eigenvalue weighted by atomic mass is 9.98. The number of carbonyl (C=O) groups excluding carboxylic acids is 1. The molecule has 2 heterocycles. The second-order valence-corrected chi connectivity index (χ2v) is 11.5. The zero-order valence-electron chi connectivity index (χ0n) is 26.5. The van der Waals surface area contributed by atoms with Crippen molar-refractivity contribution in [1.82, 2.24) is 20.1 Å². The minimum absolute atomic E-state index is 0.0866. The second-order valence-electron chi connectivity index (χ2n) is 11.5. The van der Waals surface area contributed by atoms with Crippen molar-refractivity contribution in [3.05, 3.63) is 114 Å². The molecule has 0 aliphatic carbocycles. The zero-order chi connectivity index (χ0) is 34.5. The third-order valence-corrected chi connectivity index (χ3v) is 8.29. The van der Waals surface area contributed by atoms with Crippen LogP contribution in [0.1, 0.15) is 28.9 Å². The first-order valence-corrected chi connectivity index (χ1v) is 15.7. The number of nitrogens with one attached hydrogen (secondary N) is 2. The average molecular weight is 671 g/mol. The van der Waals surface area contributed by atoms with E-state index in [1.54, 1.807) is 12.1 Å². The Hall–Kier alpha value is -5.78. The van der Waals surface area contributed by atoms with Crippen molar-refractivity contribution < 1.29 is 37.3 Å². The fourth-order valence-corrected chi connectivity index (χ4v) is 6.04. The van der Waals surface area contributed by atoms with Crippen LogP contribution in [0.5, 0.6) is 11.6 Å². The molecule has 49 heavy (non-hydrogen) atoms. The number of carboxylic acid groups (broad SMARTS) is 1. The first-order valence-electron chi connectivity index (χ1n) is 15.7. The lowest BCUT2D eigenvalue weighted by Crippen LogP contribution is -2.30. The van der Waals surface area contributed by atoms with Crippen LogP contribution in [0.4, 0.5) is 18.0 Å². The zero-order valence-corrected chi connectivity index (χ0v) is 26.5. The summed E-state index contributed by atoms with van der Waals surface area (Å²) in [5, 5.41) is 18.5. The SMILES string of the molecule is Cc1c(-c2cccc3c(CCCOc4cccc5ccccc45)c(OC(=O)O)[nH]c23)c(C(F)(F)F)nn1CC(=O)NCCc1ccccc1. The summed E-state index contributed by atoms with van der Waals surface area (Å²) in [5.41, 5.74) is 0.645. The number of nitrogens with zero attached hydrogens (tertiary/aromatic N) is 2. The van der Waals surface area contributed by atoms with Crippen LogP contribution in [-0.4, -0.2) is 45.1 Å². The third kappa shape index (κ3) is 7.38. The van der Waals surface area contributed by atoms with Crippen molar-refractivity contribution in [1.29, 1.82) is 0 Å². The van der Waals surface area contributed by atoms with Gasteiger partial charge in [-0.15, -0.1) is 0 Å². The number of alkyl halides is 3. The maximum Gasteiger partial charge on any atom is 0.512 e. The fraction of sp³-hybridized carbons (Fsp3) is 0.216. The smallest absolute Gasteiger partial charge is 0.493 e. The number of aromatic nitrogens is 3. The number of H-pyrrole nitrogens is 1. The van der Waals surface area contributed by atoms with E-state index in [1.165, 1.54) is 13.0 Å². The van der Waals surface area contributed by atoms with Gasteiger partial charge in [0.05, 0.1) is 12.1 Å². The van der Waals surface area contributed by atoms with Gasteiger partial charge in [0, 0.05) is 39.7 Å². The number of aromatic amines is 1. The largest absolute Gasteiger partial charge is 0.512 e. The maximum atomic E-state index is 14.5. The summed E-state index contributed by atoms with van der Waals surface area (Å²) in [6.07, 6.45) is -5.08. The number of amides is 1. The molecule has 0 saturated carbocycles. The molecule has 6 rings (SSSR count). The van der Waals surface area contributed by atoms with E-state index in [9.17, 15) is 27.9 Å². The molecule has 0 aliphatic heterocycles. The first kappa shape index (κ1) is 33.1. The van der Waals surface area contributed by atoms with Crippen LogP contribution >= 0.6 is 0 Å². The van der Waals surface area contributed by atoms with Crippen LogP contribution in [0.2, 0.25) is 0 Å². The molecule has 252 valence electrons. The molecule has 0 radical (unpaired) electrons. The summed E-state index contributed by atoms with van der Waals surface area (Å²) in [7, 11) is 0. The summed E-state index contributed by atoms with van der Waals surface area (Å²) in [6.45, 7) is 1.66. The van der Waals surface area contributed by atoms with Gasteiger partial charge in [0.2, 0.25) is 11.8 Å². The van der Waals surface area contributed by atoms with Crippen LogP contribution in [0, 0.1) is 6.92 Å². The van der Waals surface area contributed by atoms with Crippen LogP contribution in [-0.2, 0) is 30.4 Å². The number of aryl methyl sites for hydroxylation is 1. The van der Waals surface area contributed by atoms with E-state index in [4.69, 9.17) is 9.47 Å². The Morgan fingerprint density at radius 2 is 1.63 bits per heavy atom. The maximum absolute atomic E-state index is 14.5. The van der Waals surface area contributed by atoms with E-state index in [0.29, 0.717) is 49.1 Å². The number of rotatable bonds is 12. The number of fused-ring (bicyclic) bond motifs is 2. The highest BCUT2D eigenvalue weighted by molar-refractivity contribution is 5.99. The molecule has 0 saturated heterocycles. The second kappa shape index (κ2) is 14.1. The van der Waals surface area contributed by atoms with Gasteiger partial charge >= 0.3 is 12.3 Å². The van der Waals surface area contributed by atoms with E-state index >= 15 is 0 Å². The number of benzene rings is 4. The molecule has 0 fully saturated rings. The lowest BCUT2D eigenvalue weighted by molar-refractivity contribution is -0.141. The molecular weight excluding hydrogens is 637 g/mol. The predicted molar refractivity (Wildman–Crippen MR) is 179 cm³/mol. The quantitative estimate of drug-likeness (QED) is 0.0899. The minimum Gasteiger partial charge on any atom is -0.493 e. The Balaban J connectivity index is 1.27. The molecule has 0 bridgehead atoms. The molecule has 4 aromatic carbocycles. The number of halogens is 3. The van der Waals surface area contributed by atoms with Gasteiger partial charge in [-0.3, -0.25) is 9.48 Å². The van der Waals surface area contributed by atoms with Gasteiger partial charge in [0.25, 0.3) is 0 Å². The number of ether oxygens (including phenoxy) is 2. The molecular formula is C37H33F3N4O5. The van der Waals surface area contributed by atoms with Crippen molar-refractivity contribution in [2.75, 3.05) is 13.2 Å². The average Bonchev–Trinajstić information content (AvgIpc) is 3.59. The summed E-state index contributed by atoms with van der Waals surface area (Å²) >= 11 is 0. The van der Waals surface area contributed by atoms with Gasteiger partial charge in [-0.25, -0.2) is 4.79 Å². The standard InChI is InChI=1S/C37H33F3N4O5/c1-23-32(34(37(38,39)40)43-44(23)22-31(45)41-20-19-24-10-3-2-4-11-24)29-16-8-15-27-28(35(42-33(27)29)49-36(46)47)17-9-21-48-30-18-7-13-25-12-5-6-14-26(25)30/h2-8,10-16,18,42H,9,17,19-22H2,1H3,(H,41,45)(H,46,47). The number of para-hydroxylation sites is 1. The Morgan fingerprint density at radius 1 is 0.918 bits per heavy atom. The molecule has 12 heteroatoms. The monoisotopic (exact) mass is 670 g/mol. The Kier molecular flexibility index (Phi) is 9.56. The molecule has 3 N–H and O–H groups in total. The fourth-order valence-electron chi connectivity index (χ4n) is 6.04. The molecule has 0 unspecified atom stereocenters. The summed E-state index contributed by atoms with van der Waals surface area (Å²) < 4.78 is 55.5. The van der Waals surface area contributed by atoms with Crippen molar-refractivity contribution in [2.24, 2.45) is 0 Å². The number of hydrogen-bond donors (Lipinski definition) is 3. The van der Waals surface area contributed by atoms with Crippen LogP contribution in [0.3, 0.4) is 0 Å². The molecule has 1 amide bonds. The van der Waals surface area contributed by atoms with Crippen molar-refractivity contribution >= 4 is 33.7 Å². The number of hydrogen-bond acceptors (Lipinski definition) is 5. The topological polar surface area (TPSA) is 118 Å². The van der Waals surface area contributed by atoms with E-state index in [-0.39, 0.29) is 28.2 Å². The highest BCUT2D eigenvalue weighted by atomic mass is 19.4. The third-order valence-electron chi connectivity index (χ3n) is 8.29. The van der Waals surface area contributed by atoms with E-state index in [1.807, 2.05) is 72.8 Å². The van der Waals surface area contributed by atoms with Gasteiger partial charge in [-0.05, 0) is 43.2 Å². The normalized spacial score (nSPS) is 11.6. The van der Waals surface area contributed by atoms with Gasteiger partial charge in [0.15, 0.2) is 5.69 Å². The van der Waals surface area contributed by atoms with Crippen molar-refractivity contribution in [3.63, 3.8) is 0 Å². The molecule has 0 atom stereocenters. The Morgan fingerprint density at radius 3 is 2.41 bits per heavy atom. The number of carbonyl (C=O) groups is 2. The molecule has 6 aromatic rings. The van der Waals surface area contributed by atoms with E-state index in [2.05, 4.69) is 15.4 Å². The summed E-state index contributed by atoms with van der Waals surface area (Å²) in [6, 6.07) is 27.9. The van der Waals surface area contributed by atoms with E-state index in [0.717, 1.165) is 21.0 Å². The first-order chi connectivity index (χ1) is 23.6. The molecule has 0 aliphatic rings. The minimum atomic E-state index is -4.84. The van der Waals surface area contributed by atoms with E-state index < -0.39 is 30.5 Å². The van der Waals surface area contributed by atoms with Gasteiger partial charge in [-0.1, -0.05) is 84.9 Å². The van der Waals surface area contributed by atoms with Crippen molar-refractivity contribution in [3.8, 4) is 22.8 Å². The van der Waals surface area contributed by atoms with Gasteiger partial charge in [-0.2, -0.15) is 18.3 Å². The van der Waals surface area contributed by atoms with Crippen LogP contribution < -0.4 is 14.8 Å². The highest BCUT2D eigenvalue weighted by Gasteiger charge is 2.40. The van der Waals surface area contributed by atoms with Gasteiger partial charge in [0.1, 0.15) is 12.3 Å². The highest BCUT2D eigenvalue weighted by Crippen LogP contribution is 2.42.